The Morgan fingerprint density at radius 1 is 0.900 bits per heavy atom. The normalized spacial score (nSPS) is 12.7. The molecule has 3 aromatic carbocycles. The van der Waals surface area contributed by atoms with Gasteiger partial charge in [0.2, 0.25) is 0 Å². The summed E-state index contributed by atoms with van der Waals surface area (Å²) in [5.74, 6) is 0.397. The van der Waals surface area contributed by atoms with Crippen LogP contribution in [0.2, 0.25) is 5.02 Å². The third kappa shape index (κ3) is 6.51. The van der Waals surface area contributed by atoms with Crippen LogP contribution in [0, 0.1) is 0 Å². The minimum atomic E-state index is -4.37. The number of alkyl halides is 3. The Morgan fingerprint density at radius 3 is 2.13 bits per heavy atom. The van der Waals surface area contributed by atoms with Gasteiger partial charge in [0.15, 0.2) is 0 Å². The molecule has 3 aromatic rings. The van der Waals surface area contributed by atoms with E-state index in [-0.39, 0.29) is 6.10 Å². The van der Waals surface area contributed by atoms with Gasteiger partial charge in [0.05, 0.1) is 5.56 Å². The maximum absolute atomic E-state index is 12.8. The first-order valence-corrected chi connectivity index (χ1v) is 10.0. The van der Waals surface area contributed by atoms with E-state index in [4.69, 9.17) is 16.3 Å². The third-order valence-corrected chi connectivity index (χ3v) is 5.02. The molecule has 0 aliphatic carbocycles. The molecule has 3 rings (SSSR count). The van der Waals surface area contributed by atoms with Crippen LogP contribution in [0.1, 0.15) is 29.2 Å². The Balaban J connectivity index is 1.69. The molecule has 0 N–H and O–H groups in total. The summed E-state index contributed by atoms with van der Waals surface area (Å²) in [5.41, 5.74) is 1.44. The lowest BCUT2D eigenvalue weighted by Crippen LogP contribution is -2.22. The molecule has 0 aromatic heterocycles. The van der Waals surface area contributed by atoms with Crippen molar-refractivity contribution < 1.29 is 17.9 Å². The predicted molar refractivity (Wildman–Crippen MR) is 114 cm³/mol. The molecular weight excluding hydrogens is 411 g/mol. The Morgan fingerprint density at radius 2 is 1.53 bits per heavy atom. The van der Waals surface area contributed by atoms with E-state index < -0.39 is 11.7 Å². The van der Waals surface area contributed by atoms with Crippen molar-refractivity contribution in [3.63, 3.8) is 0 Å². The van der Waals surface area contributed by atoms with E-state index in [0.717, 1.165) is 30.8 Å². The average Bonchev–Trinajstić information content (AvgIpc) is 2.72. The summed E-state index contributed by atoms with van der Waals surface area (Å²) in [4.78, 5) is 2.19. The zero-order valence-corrected chi connectivity index (χ0v) is 17.3. The molecule has 0 fully saturated rings. The van der Waals surface area contributed by atoms with Gasteiger partial charge < -0.3 is 9.64 Å². The van der Waals surface area contributed by atoms with Gasteiger partial charge in [-0.25, -0.2) is 0 Å². The van der Waals surface area contributed by atoms with Crippen molar-refractivity contribution in [3.05, 3.63) is 101 Å². The quantitative estimate of drug-likeness (QED) is 0.379. The van der Waals surface area contributed by atoms with Gasteiger partial charge in [-0.3, -0.25) is 0 Å². The van der Waals surface area contributed by atoms with Crippen LogP contribution < -0.4 is 4.74 Å². The molecule has 0 aliphatic rings. The fourth-order valence-corrected chi connectivity index (χ4v) is 3.30. The third-order valence-electron chi connectivity index (χ3n) is 4.77. The first-order chi connectivity index (χ1) is 14.3. The van der Waals surface area contributed by atoms with Crippen LogP contribution in [0.5, 0.6) is 5.75 Å². The average molecular weight is 434 g/mol. The molecule has 0 aliphatic heterocycles. The van der Waals surface area contributed by atoms with Gasteiger partial charge in [0.1, 0.15) is 11.9 Å². The van der Waals surface area contributed by atoms with Crippen molar-refractivity contribution in [1.29, 1.82) is 0 Å². The van der Waals surface area contributed by atoms with Crippen molar-refractivity contribution in [2.45, 2.75) is 25.2 Å². The van der Waals surface area contributed by atoms with Crippen molar-refractivity contribution in [1.82, 2.24) is 4.90 Å². The lowest BCUT2D eigenvalue weighted by molar-refractivity contribution is -0.137. The molecule has 1 unspecified atom stereocenters. The minimum Gasteiger partial charge on any atom is -0.486 e. The fraction of sp³-hybridized carbons (Fsp3) is 0.250. The Labute approximate surface area is 179 Å². The van der Waals surface area contributed by atoms with Gasteiger partial charge in [-0.2, -0.15) is 13.2 Å². The van der Waals surface area contributed by atoms with Gasteiger partial charge in [-0.05, 0) is 54.6 Å². The molecule has 1 atom stereocenters. The van der Waals surface area contributed by atoms with E-state index in [1.54, 1.807) is 12.1 Å². The van der Waals surface area contributed by atoms with Gasteiger partial charge in [0, 0.05) is 24.5 Å². The Bertz CT molecular complexity index is 912. The van der Waals surface area contributed by atoms with Crippen LogP contribution in [-0.4, -0.2) is 18.5 Å². The number of hydrogen-bond donors (Lipinski definition) is 0. The molecule has 0 saturated carbocycles. The number of benzene rings is 3. The molecule has 2 nitrogen and oxygen atoms in total. The van der Waals surface area contributed by atoms with Crippen molar-refractivity contribution in [2.24, 2.45) is 0 Å². The zero-order valence-electron chi connectivity index (χ0n) is 16.6. The molecule has 0 radical (unpaired) electrons. The molecule has 30 heavy (non-hydrogen) atoms. The molecule has 158 valence electrons. The monoisotopic (exact) mass is 433 g/mol. The second-order valence-corrected chi connectivity index (χ2v) is 7.63. The van der Waals surface area contributed by atoms with Crippen molar-refractivity contribution in [3.8, 4) is 5.75 Å². The summed E-state index contributed by atoms with van der Waals surface area (Å²) < 4.78 is 44.5. The van der Waals surface area contributed by atoms with Crippen LogP contribution in [-0.2, 0) is 12.7 Å². The smallest absolute Gasteiger partial charge is 0.416 e. The van der Waals surface area contributed by atoms with Gasteiger partial charge in [-0.1, -0.05) is 54.1 Å². The van der Waals surface area contributed by atoms with E-state index in [2.05, 4.69) is 17.0 Å². The SMILES string of the molecule is CN(CCC(Oc1ccc(C(F)(F)F)cc1)c1ccc(Cl)cc1)Cc1ccccc1. The summed E-state index contributed by atoms with van der Waals surface area (Å²) in [6.45, 7) is 1.55. The number of ether oxygens (including phenoxy) is 1. The highest BCUT2D eigenvalue weighted by Gasteiger charge is 2.30. The number of hydrogen-bond acceptors (Lipinski definition) is 2. The summed E-state index contributed by atoms with van der Waals surface area (Å²) >= 11 is 6.00. The molecule has 0 heterocycles. The van der Waals surface area contributed by atoms with E-state index in [9.17, 15) is 13.2 Å². The van der Waals surface area contributed by atoms with E-state index in [1.165, 1.54) is 17.7 Å². The summed E-state index contributed by atoms with van der Waals surface area (Å²) in [7, 11) is 2.03. The lowest BCUT2D eigenvalue weighted by Gasteiger charge is -2.23. The highest BCUT2D eigenvalue weighted by Crippen LogP contribution is 2.32. The minimum absolute atomic E-state index is 0.308. The van der Waals surface area contributed by atoms with Crippen LogP contribution >= 0.6 is 11.6 Å². The standard InChI is InChI=1S/C24H23ClF3NO/c1-29(17-18-5-3-2-4-6-18)16-15-23(19-7-11-21(25)12-8-19)30-22-13-9-20(10-14-22)24(26,27)28/h2-14,23H,15-17H2,1H3. The highest BCUT2D eigenvalue weighted by atomic mass is 35.5. The second kappa shape index (κ2) is 10.0. The molecule has 0 amide bonds. The Kier molecular flexibility index (Phi) is 7.40. The number of nitrogens with zero attached hydrogens (tertiary/aromatic N) is 1. The maximum Gasteiger partial charge on any atom is 0.416 e. The summed E-state index contributed by atoms with van der Waals surface area (Å²) in [6, 6.07) is 22.3. The summed E-state index contributed by atoms with van der Waals surface area (Å²) in [6.07, 6.45) is -4.00. The topological polar surface area (TPSA) is 12.5 Å². The fourth-order valence-electron chi connectivity index (χ4n) is 3.17. The molecule has 0 bridgehead atoms. The Hall–Kier alpha value is -2.50. The lowest BCUT2D eigenvalue weighted by atomic mass is 10.1. The molecule has 0 spiro atoms. The zero-order chi connectivity index (χ0) is 21.6. The highest BCUT2D eigenvalue weighted by molar-refractivity contribution is 6.30. The molecule has 0 saturated heterocycles. The van der Waals surface area contributed by atoms with Crippen molar-refractivity contribution >= 4 is 11.6 Å². The number of halogens is 4. The van der Waals surface area contributed by atoms with Crippen molar-refractivity contribution in [2.75, 3.05) is 13.6 Å². The van der Waals surface area contributed by atoms with Gasteiger partial charge >= 0.3 is 6.18 Å². The molecule has 6 heteroatoms. The van der Waals surface area contributed by atoms with Crippen LogP contribution in [0.15, 0.2) is 78.9 Å². The largest absolute Gasteiger partial charge is 0.486 e. The van der Waals surface area contributed by atoms with Gasteiger partial charge in [-0.15, -0.1) is 0 Å². The van der Waals surface area contributed by atoms with Crippen LogP contribution in [0.3, 0.4) is 0 Å². The summed E-state index contributed by atoms with van der Waals surface area (Å²) in [5, 5.41) is 0.619. The van der Waals surface area contributed by atoms with E-state index >= 15 is 0 Å². The first-order valence-electron chi connectivity index (χ1n) is 9.63. The number of rotatable bonds is 8. The van der Waals surface area contributed by atoms with E-state index in [1.807, 2.05) is 37.4 Å². The molecular formula is C24H23ClF3NO. The first kappa shape index (κ1) is 22.2. The predicted octanol–water partition coefficient (Wildman–Crippen LogP) is 7.00. The van der Waals surface area contributed by atoms with Crippen LogP contribution in [0.4, 0.5) is 13.2 Å². The van der Waals surface area contributed by atoms with Crippen LogP contribution in [0.25, 0.3) is 0 Å². The van der Waals surface area contributed by atoms with Gasteiger partial charge in [0.25, 0.3) is 0 Å². The second-order valence-electron chi connectivity index (χ2n) is 7.19. The van der Waals surface area contributed by atoms with E-state index in [0.29, 0.717) is 17.2 Å². The maximum atomic E-state index is 12.8.